The van der Waals surface area contributed by atoms with Crippen LogP contribution in [-0.2, 0) is 0 Å². The van der Waals surface area contributed by atoms with Crippen LogP contribution in [0.3, 0.4) is 0 Å². The predicted octanol–water partition coefficient (Wildman–Crippen LogP) is 3.01. The second-order valence-electron chi connectivity index (χ2n) is 4.76. The molecule has 20 heavy (non-hydrogen) atoms. The van der Waals surface area contributed by atoms with Gasteiger partial charge in [-0.2, -0.15) is 0 Å². The molecular weight excluding hydrogens is 252 g/mol. The summed E-state index contributed by atoms with van der Waals surface area (Å²) < 4.78 is 5.90. The highest BCUT2D eigenvalue weighted by Crippen LogP contribution is 2.34. The lowest BCUT2D eigenvalue weighted by molar-refractivity contribution is 0.0974. The molecule has 0 amide bonds. The van der Waals surface area contributed by atoms with Crippen LogP contribution in [0, 0.1) is 0 Å². The third-order valence-electron chi connectivity index (χ3n) is 3.52. The number of fused-ring (bicyclic) bond motifs is 3. The smallest absolute Gasteiger partial charge is 0.201 e. The summed E-state index contributed by atoms with van der Waals surface area (Å²) in [7, 11) is 0. The molecule has 0 saturated heterocycles. The molecule has 4 heteroatoms. The first-order valence-corrected chi connectivity index (χ1v) is 6.45. The van der Waals surface area contributed by atoms with Crippen molar-refractivity contribution in [3.8, 4) is 5.75 Å². The number of hydrogen-bond acceptors (Lipinski definition) is 4. The van der Waals surface area contributed by atoms with Gasteiger partial charge in [0.1, 0.15) is 5.75 Å². The minimum atomic E-state index is -0.464. The summed E-state index contributed by atoms with van der Waals surface area (Å²) in [5.41, 5.74) is 3.02. The molecule has 98 valence electrons. The fourth-order valence-electron chi connectivity index (χ4n) is 2.50. The average Bonchev–Trinajstić information content (AvgIpc) is 2.66. The molecule has 0 aliphatic carbocycles. The standard InChI is InChI=1S/C16H12N2O2/c19-15-10-5-1-4-8-14(10)20-16-11(15)9-17-12-6-2-3-7-13(12)18-16/h1-9,16-18H. The number of ketones is 1. The Morgan fingerprint density at radius 3 is 2.60 bits per heavy atom. The minimum Gasteiger partial charge on any atom is -0.466 e. The number of hydrogen-bond donors (Lipinski definition) is 2. The van der Waals surface area contributed by atoms with E-state index in [0.29, 0.717) is 16.9 Å². The maximum atomic E-state index is 12.5. The lowest BCUT2D eigenvalue weighted by Crippen LogP contribution is -2.36. The summed E-state index contributed by atoms with van der Waals surface area (Å²) in [6, 6.07) is 15.1. The molecule has 2 heterocycles. The van der Waals surface area contributed by atoms with Crippen LogP contribution in [0.25, 0.3) is 0 Å². The number of carbonyl (C=O) groups is 1. The summed E-state index contributed by atoms with van der Waals surface area (Å²) in [6.07, 6.45) is 1.26. The van der Waals surface area contributed by atoms with Crippen molar-refractivity contribution in [2.75, 3.05) is 10.6 Å². The number of benzene rings is 2. The second kappa shape index (κ2) is 4.13. The van der Waals surface area contributed by atoms with Gasteiger partial charge in [0.05, 0.1) is 22.5 Å². The van der Waals surface area contributed by atoms with Crippen LogP contribution in [0.4, 0.5) is 11.4 Å². The van der Waals surface area contributed by atoms with E-state index in [1.165, 1.54) is 0 Å². The van der Waals surface area contributed by atoms with Crippen LogP contribution in [0.1, 0.15) is 10.4 Å². The van der Waals surface area contributed by atoms with Gasteiger partial charge in [0.2, 0.25) is 6.23 Å². The number of rotatable bonds is 0. The summed E-state index contributed by atoms with van der Waals surface area (Å²) >= 11 is 0. The molecule has 2 aromatic carbocycles. The predicted molar refractivity (Wildman–Crippen MR) is 77.0 cm³/mol. The second-order valence-corrected chi connectivity index (χ2v) is 4.76. The zero-order chi connectivity index (χ0) is 13.5. The Labute approximate surface area is 116 Å². The normalized spacial score (nSPS) is 19.1. The lowest BCUT2D eigenvalue weighted by atomic mass is 9.99. The first kappa shape index (κ1) is 11.1. The van der Waals surface area contributed by atoms with E-state index in [4.69, 9.17) is 4.74 Å². The van der Waals surface area contributed by atoms with E-state index in [-0.39, 0.29) is 5.78 Å². The number of nitrogens with one attached hydrogen (secondary N) is 2. The maximum absolute atomic E-state index is 12.5. The average molecular weight is 264 g/mol. The van der Waals surface area contributed by atoms with Gasteiger partial charge in [0.15, 0.2) is 5.78 Å². The third kappa shape index (κ3) is 1.58. The number of anilines is 2. The van der Waals surface area contributed by atoms with Crippen LogP contribution < -0.4 is 15.4 Å². The Bertz CT molecular complexity index is 737. The molecule has 0 radical (unpaired) electrons. The van der Waals surface area contributed by atoms with E-state index in [1.807, 2.05) is 42.5 Å². The van der Waals surface area contributed by atoms with E-state index >= 15 is 0 Å². The number of carbonyl (C=O) groups excluding carboxylic acids is 1. The van der Waals surface area contributed by atoms with Crippen molar-refractivity contribution in [3.05, 3.63) is 65.9 Å². The van der Waals surface area contributed by atoms with Gasteiger partial charge in [0, 0.05) is 6.20 Å². The summed E-state index contributed by atoms with van der Waals surface area (Å²) in [5, 5.41) is 6.42. The quantitative estimate of drug-likeness (QED) is 0.768. The Kier molecular flexibility index (Phi) is 2.29. The van der Waals surface area contributed by atoms with Crippen LogP contribution in [0.2, 0.25) is 0 Å². The molecule has 0 fully saturated rings. The Morgan fingerprint density at radius 1 is 0.950 bits per heavy atom. The monoisotopic (exact) mass is 264 g/mol. The molecule has 0 saturated carbocycles. The molecule has 4 nitrogen and oxygen atoms in total. The molecule has 2 aliphatic heterocycles. The highest BCUT2D eigenvalue weighted by molar-refractivity contribution is 6.12. The Hall–Kier alpha value is -2.75. The van der Waals surface area contributed by atoms with Gasteiger partial charge in [-0.25, -0.2) is 0 Å². The summed E-state index contributed by atoms with van der Waals surface area (Å²) in [4.78, 5) is 12.5. The van der Waals surface area contributed by atoms with Crippen LogP contribution in [0.15, 0.2) is 60.3 Å². The van der Waals surface area contributed by atoms with Crippen molar-refractivity contribution in [2.45, 2.75) is 6.23 Å². The van der Waals surface area contributed by atoms with Crippen LogP contribution >= 0.6 is 0 Å². The highest BCUT2D eigenvalue weighted by atomic mass is 16.5. The molecule has 0 bridgehead atoms. The fraction of sp³-hybridized carbons (Fsp3) is 0.0625. The van der Waals surface area contributed by atoms with Gasteiger partial charge < -0.3 is 15.4 Å². The van der Waals surface area contributed by atoms with E-state index in [2.05, 4.69) is 10.6 Å². The van der Waals surface area contributed by atoms with Crippen molar-refractivity contribution < 1.29 is 9.53 Å². The van der Waals surface area contributed by atoms with Crippen molar-refractivity contribution in [1.29, 1.82) is 0 Å². The molecular formula is C16H12N2O2. The first-order chi connectivity index (χ1) is 9.83. The number of Topliss-reactive ketones (excluding diaryl/α,β-unsaturated/α-hetero) is 1. The Balaban J connectivity index is 1.81. The molecule has 1 unspecified atom stereocenters. The Morgan fingerprint density at radius 2 is 1.70 bits per heavy atom. The van der Waals surface area contributed by atoms with Crippen LogP contribution in [0.5, 0.6) is 5.75 Å². The van der Waals surface area contributed by atoms with Gasteiger partial charge in [-0.1, -0.05) is 24.3 Å². The molecule has 4 rings (SSSR count). The fourth-order valence-corrected chi connectivity index (χ4v) is 2.50. The highest BCUT2D eigenvalue weighted by Gasteiger charge is 2.33. The number of ether oxygens (including phenoxy) is 1. The molecule has 2 N–H and O–H groups in total. The molecule has 0 aromatic heterocycles. The minimum absolute atomic E-state index is 0.00958. The van der Waals surface area contributed by atoms with Crippen molar-refractivity contribution in [1.82, 2.24) is 0 Å². The van der Waals surface area contributed by atoms with Gasteiger partial charge in [-0.3, -0.25) is 4.79 Å². The topological polar surface area (TPSA) is 50.4 Å². The zero-order valence-electron chi connectivity index (χ0n) is 10.6. The van der Waals surface area contributed by atoms with Crippen LogP contribution in [-0.4, -0.2) is 12.0 Å². The van der Waals surface area contributed by atoms with Gasteiger partial charge in [0.25, 0.3) is 0 Å². The van der Waals surface area contributed by atoms with E-state index < -0.39 is 6.23 Å². The first-order valence-electron chi connectivity index (χ1n) is 6.45. The molecule has 1 atom stereocenters. The van der Waals surface area contributed by atoms with Gasteiger partial charge in [-0.15, -0.1) is 0 Å². The van der Waals surface area contributed by atoms with Crippen molar-refractivity contribution in [3.63, 3.8) is 0 Å². The molecule has 0 spiro atoms. The number of para-hydroxylation sites is 3. The third-order valence-corrected chi connectivity index (χ3v) is 3.52. The van der Waals surface area contributed by atoms with E-state index in [9.17, 15) is 4.79 Å². The van der Waals surface area contributed by atoms with E-state index in [0.717, 1.165) is 11.4 Å². The molecule has 2 aliphatic rings. The largest absolute Gasteiger partial charge is 0.466 e. The lowest BCUT2D eigenvalue weighted by Gasteiger charge is -2.27. The van der Waals surface area contributed by atoms with Gasteiger partial charge in [-0.05, 0) is 24.3 Å². The SMILES string of the molecule is O=C1C2=CNc3ccccc3NC2Oc2ccccc21. The summed E-state index contributed by atoms with van der Waals surface area (Å²) in [6.45, 7) is 0. The van der Waals surface area contributed by atoms with E-state index in [1.54, 1.807) is 12.3 Å². The van der Waals surface area contributed by atoms with Crippen molar-refractivity contribution >= 4 is 17.2 Å². The van der Waals surface area contributed by atoms with Gasteiger partial charge >= 0.3 is 0 Å². The maximum Gasteiger partial charge on any atom is 0.201 e. The summed E-state index contributed by atoms with van der Waals surface area (Å²) in [5.74, 6) is 0.608. The molecule has 2 aromatic rings. The zero-order valence-corrected chi connectivity index (χ0v) is 10.6. The van der Waals surface area contributed by atoms with Crippen molar-refractivity contribution in [2.24, 2.45) is 0 Å².